The molecule has 2 aromatic heterocycles. The number of anilines is 1. The highest BCUT2D eigenvalue weighted by Crippen LogP contribution is 2.45. The fraction of sp³-hybridized carbons (Fsp3) is 0. The second-order valence-electron chi connectivity index (χ2n) is 3.25. The molecule has 0 saturated heterocycles. The number of rotatable bonds is 2. The maximum Gasteiger partial charge on any atom is 0.134 e. The molecule has 0 amide bonds. The van der Waals surface area contributed by atoms with Gasteiger partial charge in [-0.15, -0.1) is 27.6 Å². The number of hydrogen-bond acceptors (Lipinski definition) is 6. The predicted octanol–water partition coefficient (Wildman–Crippen LogP) is 4.32. The van der Waals surface area contributed by atoms with Gasteiger partial charge in [-0.05, 0) is 28.1 Å². The molecular formula is C10H6N2O2S2. The minimum absolute atomic E-state index is 0.459. The third-order valence-electron chi connectivity index (χ3n) is 2.50. The molecule has 4 nitrogen and oxygen atoms in total. The second kappa shape index (κ2) is 3.51. The molecule has 2 heterocycles. The largest absolute Gasteiger partial charge is 0.291 e. The molecule has 16 heavy (non-hydrogen) atoms. The first kappa shape index (κ1) is 9.71. The standard InChI is InChI=1S/C10H6N2O2S2/c13-11-7-5-1-3-15-9(5)8(12-14)6-2-4-16-10(6)7/h1-4,11,13H. The van der Waals surface area contributed by atoms with E-state index in [9.17, 15) is 10.1 Å². The highest BCUT2D eigenvalue weighted by molar-refractivity contribution is 7.20. The monoisotopic (exact) mass is 250 g/mol. The zero-order valence-corrected chi connectivity index (χ0v) is 9.56. The molecule has 0 radical (unpaired) electrons. The molecule has 1 aromatic carbocycles. The molecule has 0 aliphatic carbocycles. The molecule has 0 bridgehead atoms. The van der Waals surface area contributed by atoms with Crippen LogP contribution in [0.1, 0.15) is 0 Å². The maximum atomic E-state index is 10.9. The Hall–Kier alpha value is -1.50. The molecule has 2 N–H and O–H groups in total. The van der Waals surface area contributed by atoms with Gasteiger partial charge in [0.1, 0.15) is 5.69 Å². The van der Waals surface area contributed by atoms with E-state index in [1.807, 2.05) is 22.9 Å². The summed E-state index contributed by atoms with van der Waals surface area (Å²) in [5, 5.41) is 17.7. The van der Waals surface area contributed by atoms with Crippen LogP contribution in [0.3, 0.4) is 0 Å². The SMILES string of the molecule is O=Nc1c2ccsc2c(NO)c2ccsc12. The van der Waals surface area contributed by atoms with Crippen molar-refractivity contribution < 1.29 is 5.21 Å². The lowest BCUT2D eigenvalue weighted by Crippen LogP contribution is -1.89. The minimum atomic E-state index is 0.459. The Morgan fingerprint density at radius 2 is 1.81 bits per heavy atom. The zero-order valence-electron chi connectivity index (χ0n) is 7.93. The van der Waals surface area contributed by atoms with Gasteiger partial charge in [0, 0.05) is 10.8 Å². The molecule has 80 valence electrons. The summed E-state index contributed by atoms with van der Waals surface area (Å²) in [7, 11) is 0. The number of nitroso groups, excluding NO2 is 1. The first-order chi connectivity index (χ1) is 7.86. The van der Waals surface area contributed by atoms with Gasteiger partial charge in [0.15, 0.2) is 0 Å². The normalized spacial score (nSPS) is 11.1. The van der Waals surface area contributed by atoms with E-state index in [-0.39, 0.29) is 0 Å². The van der Waals surface area contributed by atoms with Crippen LogP contribution in [0.4, 0.5) is 11.4 Å². The molecule has 0 spiro atoms. The van der Waals surface area contributed by atoms with E-state index in [0.717, 1.165) is 20.2 Å². The van der Waals surface area contributed by atoms with Crippen molar-refractivity contribution in [2.24, 2.45) is 5.18 Å². The van der Waals surface area contributed by atoms with Crippen LogP contribution in [0.2, 0.25) is 0 Å². The highest BCUT2D eigenvalue weighted by atomic mass is 32.1. The first-order valence-electron chi connectivity index (χ1n) is 4.50. The molecule has 3 rings (SSSR count). The molecule has 0 aliphatic heterocycles. The number of nitrogens with zero attached hydrogens (tertiary/aromatic N) is 1. The summed E-state index contributed by atoms with van der Waals surface area (Å²) in [5.41, 5.74) is 3.32. The van der Waals surface area contributed by atoms with Crippen molar-refractivity contribution in [1.82, 2.24) is 0 Å². The summed E-state index contributed by atoms with van der Waals surface area (Å²) >= 11 is 2.92. The van der Waals surface area contributed by atoms with E-state index in [1.54, 1.807) is 0 Å². The Morgan fingerprint density at radius 1 is 1.12 bits per heavy atom. The summed E-state index contributed by atoms with van der Waals surface area (Å²) in [4.78, 5) is 10.9. The van der Waals surface area contributed by atoms with E-state index in [4.69, 9.17) is 0 Å². The Morgan fingerprint density at radius 3 is 2.50 bits per heavy atom. The Labute approximate surface area is 98.1 Å². The molecular weight excluding hydrogens is 244 g/mol. The number of benzene rings is 1. The third kappa shape index (κ3) is 1.12. The van der Waals surface area contributed by atoms with Crippen LogP contribution >= 0.6 is 22.7 Å². The second-order valence-corrected chi connectivity index (χ2v) is 5.09. The van der Waals surface area contributed by atoms with E-state index in [2.05, 4.69) is 10.7 Å². The van der Waals surface area contributed by atoms with Crippen LogP contribution in [0.5, 0.6) is 0 Å². The van der Waals surface area contributed by atoms with Crippen LogP contribution in [0.15, 0.2) is 28.1 Å². The van der Waals surface area contributed by atoms with Crippen molar-refractivity contribution in [2.45, 2.75) is 0 Å². The lowest BCUT2D eigenvalue weighted by molar-refractivity contribution is 0.391. The first-order valence-corrected chi connectivity index (χ1v) is 6.26. The zero-order chi connectivity index (χ0) is 11.1. The molecule has 0 unspecified atom stereocenters. The van der Waals surface area contributed by atoms with Crippen molar-refractivity contribution in [3.8, 4) is 0 Å². The average Bonchev–Trinajstić information content (AvgIpc) is 2.93. The lowest BCUT2D eigenvalue weighted by Gasteiger charge is -2.04. The summed E-state index contributed by atoms with van der Waals surface area (Å²) in [5.74, 6) is 0. The van der Waals surface area contributed by atoms with Gasteiger partial charge < -0.3 is 0 Å². The topological polar surface area (TPSA) is 61.7 Å². The number of fused-ring (bicyclic) bond motifs is 2. The van der Waals surface area contributed by atoms with Crippen LogP contribution in [-0.4, -0.2) is 5.21 Å². The highest BCUT2D eigenvalue weighted by Gasteiger charge is 2.15. The Balaban J connectivity index is 2.64. The lowest BCUT2D eigenvalue weighted by atomic mass is 10.1. The minimum Gasteiger partial charge on any atom is -0.291 e. The van der Waals surface area contributed by atoms with Crippen molar-refractivity contribution in [3.63, 3.8) is 0 Å². The molecule has 0 fully saturated rings. The average molecular weight is 250 g/mol. The van der Waals surface area contributed by atoms with Crippen molar-refractivity contribution in [2.75, 3.05) is 5.48 Å². The van der Waals surface area contributed by atoms with Gasteiger partial charge in [0.25, 0.3) is 0 Å². The third-order valence-corrected chi connectivity index (χ3v) is 4.35. The van der Waals surface area contributed by atoms with Crippen molar-refractivity contribution in [1.29, 1.82) is 0 Å². The molecule has 0 aliphatic rings. The molecule has 3 aromatic rings. The summed E-state index contributed by atoms with van der Waals surface area (Å²) < 4.78 is 1.65. The molecule has 6 heteroatoms. The van der Waals surface area contributed by atoms with Gasteiger partial charge in [-0.3, -0.25) is 10.7 Å². The van der Waals surface area contributed by atoms with E-state index >= 15 is 0 Å². The van der Waals surface area contributed by atoms with Crippen LogP contribution in [0.25, 0.3) is 20.2 Å². The summed E-state index contributed by atoms with van der Waals surface area (Å²) in [6.45, 7) is 0. The van der Waals surface area contributed by atoms with Crippen LogP contribution < -0.4 is 5.48 Å². The maximum absolute atomic E-state index is 10.9. The fourth-order valence-corrected chi connectivity index (χ4v) is 3.63. The van der Waals surface area contributed by atoms with Crippen molar-refractivity contribution in [3.05, 3.63) is 27.8 Å². The van der Waals surface area contributed by atoms with Gasteiger partial charge in [-0.2, -0.15) is 0 Å². The van der Waals surface area contributed by atoms with E-state index in [0.29, 0.717) is 11.4 Å². The quantitative estimate of drug-likeness (QED) is 0.526. The van der Waals surface area contributed by atoms with Crippen LogP contribution in [-0.2, 0) is 0 Å². The van der Waals surface area contributed by atoms with E-state index < -0.39 is 0 Å². The predicted molar refractivity (Wildman–Crippen MR) is 68.1 cm³/mol. The van der Waals surface area contributed by atoms with Gasteiger partial charge >= 0.3 is 0 Å². The fourth-order valence-electron chi connectivity index (χ4n) is 1.83. The van der Waals surface area contributed by atoms with Gasteiger partial charge in [0.05, 0.1) is 15.1 Å². The summed E-state index contributed by atoms with van der Waals surface area (Å²) in [6, 6.07) is 3.71. The van der Waals surface area contributed by atoms with Gasteiger partial charge in [0.2, 0.25) is 0 Å². The molecule has 0 saturated carbocycles. The number of nitrogens with one attached hydrogen (secondary N) is 1. The number of thiophene rings is 2. The molecule has 0 atom stereocenters. The summed E-state index contributed by atoms with van der Waals surface area (Å²) in [6.07, 6.45) is 0. The van der Waals surface area contributed by atoms with Gasteiger partial charge in [-0.1, -0.05) is 0 Å². The van der Waals surface area contributed by atoms with Gasteiger partial charge in [-0.25, -0.2) is 0 Å². The van der Waals surface area contributed by atoms with Crippen molar-refractivity contribution >= 4 is 54.2 Å². The number of hydrogen-bond donors (Lipinski definition) is 2. The Bertz CT molecular complexity index is 635. The van der Waals surface area contributed by atoms with E-state index in [1.165, 1.54) is 22.7 Å². The Kier molecular flexibility index (Phi) is 2.13. The smallest absolute Gasteiger partial charge is 0.134 e. The van der Waals surface area contributed by atoms with Crippen LogP contribution in [0, 0.1) is 4.91 Å².